The maximum absolute atomic E-state index is 11.7. The molecule has 0 amide bonds. The Balaban J connectivity index is 2.32. The molecule has 0 bridgehead atoms. The number of aromatic nitrogens is 6. The quantitative estimate of drug-likeness (QED) is 0.677. The summed E-state index contributed by atoms with van der Waals surface area (Å²) in [5, 5.41) is 16.0. The molecule has 0 aliphatic carbocycles. The lowest BCUT2D eigenvalue weighted by Crippen LogP contribution is -2.14. The van der Waals surface area contributed by atoms with Crippen LogP contribution in [-0.2, 0) is 29.5 Å². The fourth-order valence-electron chi connectivity index (χ4n) is 1.88. The summed E-state index contributed by atoms with van der Waals surface area (Å²) >= 11 is 0. The van der Waals surface area contributed by atoms with Crippen LogP contribution in [0.4, 0.5) is 0 Å². The van der Waals surface area contributed by atoms with Gasteiger partial charge in [-0.15, -0.1) is 15.3 Å². The van der Waals surface area contributed by atoms with Gasteiger partial charge in [0.15, 0.2) is 11.5 Å². The number of hydrogen-bond acceptors (Lipinski definition) is 7. The van der Waals surface area contributed by atoms with Gasteiger partial charge in [0.25, 0.3) is 0 Å². The van der Waals surface area contributed by atoms with E-state index in [-0.39, 0.29) is 5.69 Å². The molecule has 0 saturated carbocycles. The molecule has 0 saturated heterocycles. The zero-order valence-corrected chi connectivity index (χ0v) is 12.5. The second-order valence-electron chi connectivity index (χ2n) is 4.50. The van der Waals surface area contributed by atoms with Gasteiger partial charge >= 0.3 is 5.97 Å². The van der Waals surface area contributed by atoms with Gasteiger partial charge in [-0.05, 0) is 6.92 Å². The second-order valence-corrected chi connectivity index (χ2v) is 4.50. The van der Waals surface area contributed by atoms with E-state index in [0.717, 1.165) is 11.6 Å². The monoisotopic (exact) mass is 294 g/mol. The fourth-order valence-corrected chi connectivity index (χ4v) is 1.88. The van der Waals surface area contributed by atoms with Crippen LogP contribution in [0.15, 0.2) is 0 Å². The van der Waals surface area contributed by atoms with Crippen molar-refractivity contribution in [1.82, 2.24) is 29.8 Å². The third kappa shape index (κ3) is 3.07. The number of carbonyl (C=O) groups excluding carboxylic acids is 1. The Hall–Kier alpha value is -2.29. The first-order valence-corrected chi connectivity index (χ1v) is 6.43. The minimum absolute atomic E-state index is 0.202. The van der Waals surface area contributed by atoms with E-state index in [1.54, 1.807) is 11.8 Å². The molecule has 0 aliphatic heterocycles. The third-order valence-electron chi connectivity index (χ3n) is 3.23. The van der Waals surface area contributed by atoms with E-state index in [9.17, 15) is 4.79 Å². The van der Waals surface area contributed by atoms with E-state index in [2.05, 4.69) is 20.5 Å². The Kier molecular flexibility index (Phi) is 4.63. The van der Waals surface area contributed by atoms with Crippen molar-refractivity contribution in [2.24, 2.45) is 7.05 Å². The smallest absolute Gasteiger partial charge is 0.360 e. The van der Waals surface area contributed by atoms with Crippen molar-refractivity contribution in [3.8, 4) is 0 Å². The first-order chi connectivity index (χ1) is 10.1. The number of methoxy groups -OCH3 is 2. The zero-order valence-electron chi connectivity index (χ0n) is 12.5. The van der Waals surface area contributed by atoms with Crippen LogP contribution in [0.1, 0.15) is 27.8 Å². The Bertz CT molecular complexity index is 633. The first kappa shape index (κ1) is 15.1. The normalized spacial score (nSPS) is 10.9. The number of carbonyl (C=O) groups is 1. The molecule has 2 aromatic rings. The van der Waals surface area contributed by atoms with Gasteiger partial charge in [-0.2, -0.15) is 0 Å². The number of esters is 1. The van der Waals surface area contributed by atoms with Crippen molar-refractivity contribution in [3.63, 3.8) is 0 Å². The van der Waals surface area contributed by atoms with Crippen LogP contribution in [-0.4, -0.2) is 56.6 Å². The van der Waals surface area contributed by atoms with Crippen LogP contribution >= 0.6 is 0 Å². The molecule has 0 unspecified atom stereocenters. The minimum atomic E-state index is -0.513. The maximum Gasteiger partial charge on any atom is 0.360 e. The molecule has 0 radical (unpaired) electrons. The van der Waals surface area contributed by atoms with Crippen LogP contribution in [0.25, 0.3) is 0 Å². The molecule has 0 atom stereocenters. The van der Waals surface area contributed by atoms with Gasteiger partial charge in [0.05, 0.1) is 19.4 Å². The Morgan fingerprint density at radius 1 is 1.24 bits per heavy atom. The summed E-state index contributed by atoms with van der Waals surface area (Å²) in [6.07, 6.45) is 0.505. The summed E-state index contributed by atoms with van der Waals surface area (Å²) in [5.41, 5.74) is 0.859. The molecule has 2 rings (SSSR count). The van der Waals surface area contributed by atoms with Crippen molar-refractivity contribution in [1.29, 1.82) is 0 Å². The van der Waals surface area contributed by atoms with Gasteiger partial charge in [0.2, 0.25) is 0 Å². The summed E-state index contributed by atoms with van der Waals surface area (Å²) in [6.45, 7) is 2.69. The molecule has 2 heterocycles. The van der Waals surface area contributed by atoms with Gasteiger partial charge in [-0.3, -0.25) is 0 Å². The Morgan fingerprint density at radius 2 is 2.00 bits per heavy atom. The van der Waals surface area contributed by atoms with E-state index in [4.69, 9.17) is 9.47 Å². The molecule has 21 heavy (non-hydrogen) atoms. The molecular weight excluding hydrogens is 276 g/mol. The number of hydrogen-bond donors (Lipinski definition) is 0. The highest BCUT2D eigenvalue weighted by Gasteiger charge is 2.21. The van der Waals surface area contributed by atoms with Crippen molar-refractivity contribution in [3.05, 3.63) is 23.0 Å². The van der Waals surface area contributed by atoms with Crippen LogP contribution < -0.4 is 0 Å². The van der Waals surface area contributed by atoms with Crippen LogP contribution in [0.2, 0.25) is 0 Å². The molecule has 0 spiro atoms. The standard InChI is InChI=1S/C12H18N6O3/c1-8-13-14-10(17(8)2)7-18-9(5-6-20-3)11(15-16-18)12(19)21-4/h5-7H2,1-4H3. The maximum atomic E-state index is 11.7. The van der Waals surface area contributed by atoms with Gasteiger partial charge in [0, 0.05) is 20.6 Å². The minimum Gasteiger partial charge on any atom is -0.464 e. The van der Waals surface area contributed by atoms with Gasteiger partial charge in [-0.25, -0.2) is 9.48 Å². The largest absolute Gasteiger partial charge is 0.464 e. The SMILES string of the molecule is COCCc1c(C(=O)OC)nnn1Cc1nnc(C)n1C. The molecule has 114 valence electrons. The highest BCUT2D eigenvalue weighted by Crippen LogP contribution is 2.10. The Labute approximate surface area is 121 Å². The van der Waals surface area contributed by atoms with E-state index >= 15 is 0 Å². The number of ether oxygens (including phenoxy) is 2. The molecular formula is C12H18N6O3. The average Bonchev–Trinajstić information content (AvgIpc) is 3.03. The van der Waals surface area contributed by atoms with E-state index < -0.39 is 5.97 Å². The molecule has 0 N–H and O–H groups in total. The zero-order chi connectivity index (χ0) is 15.4. The van der Waals surface area contributed by atoms with Gasteiger partial charge < -0.3 is 14.0 Å². The van der Waals surface area contributed by atoms with Gasteiger partial charge in [-0.1, -0.05) is 5.21 Å². The fraction of sp³-hybridized carbons (Fsp3) is 0.583. The first-order valence-electron chi connectivity index (χ1n) is 6.43. The highest BCUT2D eigenvalue weighted by molar-refractivity contribution is 5.88. The average molecular weight is 294 g/mol. The summed E-state index contributed by atoms with van der Waals surface area (Å²) in [5.74, 6) is 1.02. The predicted octanol–water partition coefficient (Wildman–Crippen LogP) is -0.261. The Morgan fingerprint density at radius 3 is 2.57 bits per heavy atom. The summed E-state index contributed by atoms with van der Waals surface area (Å²) in [4.78, 5) is 11.7. The van der Waals surface area contributed by atoms with Crippen molar-refractivity contribution in [2.45, 2.75) is 19.9 Å². The number of rotatable bonds is 6. The van der Waals surface area contributed by atoms with Crippen molar-refractivity contribution >= 4 is 5.97 Å². The second kappa shape index (κ2) is 6.44. The van der Waals surface area contributed by atoms with Crippen molar-refractivity contribution in [2.75, 3.05) is 20.8 Å². The van der Waals surface area contributed by atoms with E-state index in [1.165, 1.54) is 7.11 Å². The summed E-state index contributed by atoms with van der Waals surface area (Å²) in [6, 6.07) is 0. The molecule has 9 nitrogen and oxygen atoms in total. The van der Waals surface area contributed by atoms with Crippen LogP contribution in [0.5, 0.6) is 0 Å². The number of aryl methyl sites for hydroxylation is 1. The topological polar surface area (TPSA) is 97.0 Å². The molecule has 0 aromatic carbocycles. The lowest BCUT2D eigenvalue weighted by atomic mass is 10.2. The summed E-state index contributed by atoms with van der Waals surface area (Å²) < 4.78 is 13.3. The molecule has 0 fully saturated rings. The third-order valence-corrected chi connectivity index (χ3v) is 3.23. The van der Waals surface area contributed by atoms with E-state index in [0.29, 0.717) is 25.3 Å². The van der Waals surface area contributed by atoms with Gasteiger partial charge in [0.1, 0.15) is 12.4 Å². The highest BCUT2D eigenvalue weighted by atomic mass is 16.5. The summed E-state index contributed by atoms with van der Waals surface area (Å²) in [7, 11) is 4.78. The lowest BCUT2D eigenvalue weighted by molar-refractivity contribution is 0.0592. The van der Waals surface area contributed by atoms with E-state index in [1.807, 2.05) is 18.5 Å². The predicted molar refractivity (Wildman–Crippen MR) is 71.8 cm³/mol. The molecule has 2 aromatic heterocycles. The van der Waals surface area contributed by atoms with Crippen molar-refractivity contribution < 1.29 is 14.3 Å². The van der Waals surface area contributed by atoms with Crippen LogP contribution in [0, 0.1) is 6.92 Å². The number of nitrogens with zero attached hydrogens (tertiary/aromatic N) is 6. The molecule has 0 aliphatic rings. The lowest BCUT2D eigenvalue weighted by Gasteiger charge is -2.07. The van der Waals surface area contributed by atoms with Crippen LogP contribution in [0.3, 0.4) is 0 Å². The molecule has 9 heteroatoms.